The van der Waals surface area contributed by atoms with Gasteiger partial charge in [0.1, 0.15) is 6.04 Å². The molecule has 2 aromatic heterocycles. The van der Waals surface area contributed by atoms with E-state index in [0.29, 0.717) is 33.7 Å². The molecule has 0 saturated carbocycles. The van der Waals surface area contributed by atoms with Gasteiger partial charge < -0.3 is 5.32 Å². The van der Waals surface area contributed by atoms with Crippen molar-refractivity contribution in [1.82, 2.24) is 19.6 Å². The summed E-state index contributed by atoms with van der Waals surface area (Å²) in [6, 6.07) is 4.15. The molecule has 0 saturated heterocycles. The van der Waals surface area contributed by atoms with Gasteiger partial charge in [0.2, 0.25) is 5.91 Å². The first-order valence-electron chi connectivity index (χ1n) is 9.41. The third-order valence-corrected chi connectivity index (χ3v) is 6.59. The van der Waals surface area contributed by atoms with Crippen LogP contribution in [0, 0.1) is 20.8 Å². The minimum Gasteiger partial charge on any atom is -0.321 e. The molecule has 1 amide bonds. The predicted octanol–water partition coefficient (Wildman–Crippen LogP) is 6.34. The molecule has 1 atom stereocenters. The molecule has 1 N–H and O–H groups in total. The van der Waals surface area contributed by atoms with Crippen LogP contribution >= 0.6 is 39.1 Å². The van der Waals surface area contributed by atoms with Crippen LogP contribution in [-0.2, 0) is 17.5 Å². The average Bonchev–Trinajstić information content (AvgIpc) is 3.14. The van der Waals surface area contributed by atoms with Crippen LogP contribution in [0.25, 0.3) is 0 Å². The van der Waals surface area contributed by atoms with Crippen molar-refractivity contribution >= 4 is 50.7 Å². The molecule has 12 heteroatoms. The number of aromatic nitrogens is 4. The lowest BCUT2D eigenvalue weighted by Gasteiger charge is -2.15. The Balaban J connectivity index is 1.84. The second-order valence-corrected chi connectivity index (χ2v) is 8.93. The zero-order valence-corrected chi connectivity index (χ0v) is 20.6. The monoisotopic (exact) mass is 551 g/mol. The Morgan fingerprint density at radius 2 is 1.84 bits per heavy atom. The number of amides is 1. The minimum absolute atomic E-state index is 0.190. The van der Waals surface area contributed by atoms with Crippen molar-refractivity contribution < 1.29 is 18.0 Å². The molecule has 0 aliphatic carbocycles. The van der Waals surface area contributed by atoms with Crippen molar-refractivity contribution in [3.8, 4) is 0 Å². The molecule has 2 heterocycles. The summed E-state index contributed by atoms with van der Waals surface area (Å²) in [6.45, 7) is 6.80. The number of hydrogen-bond acceptors (Lipinski definition) is 3. The van der Waals surface area contributed by atoms with E-state index in [1.807, 2.05) is 0 Å². The second-order valence-electron chi connectivity index (χ2n) is 7.29. The number of halogens is 6. The fourth-order valence-electron chi connectivity index (χ4n) is 3.24. The number of anilines is 1. The average molecular weight is 553 g/mol. The minimum atomic E-state index is -4.64. The number of carbonyl (C=O) groups is 1. The maximum Gasteiger partial charge on any atom is 0.436 e. The standard InChI is InChI=1S/C20H19BrCl2F3N5O/c1-9-17(11(3)30(28-9)8-13-5-6-14(22)7-15(13)23)27-19(32)12(4)31-10(2)16(21)18(29-31)20(24,25)26/h5-7,12H,8H2,1-4H3,(H,27,32). The fraction of sp³-hybridized carbons (Fsp3) is 0.350. The Kier molecular flexibility index (Phi) is 6.97. The lowest BCUT2D eigenvalue weighted by molar-refractivity contribution is -0.142. The first-order valence-corrected chi connectivity index (χ1v) is 11.0. The molecule has 32 heavy (non-hydrogen) atoms. The molecule has 172 valence electrons. The summed E-state index contributed by atoms with van der Waals surface area (Å²) in [4.78, 5) is 12.9. The number of nitrogens with one attached hydrogen (secondary N) is 1. The smallest absolute Gasteiger partial charge is 0.321 e. The van der Waals surface area contributed by atoms with Gasteiger partial charge >= 0.3 is 6.18 Å². The van der Waals surface area contributed by atoms with E-state index >= 15 is 0 Å². The molecular weight excluding hydrogens is 534 g/mol. The van der Waals surface area contributed by atoms with Crippen molar-refractivity contribution in [3.05, 3.63) is 61.1 Å². The highest BCUT2D eigenvalue weighted by Gasteiger charge is 2.39. The van der Waals surface area contributed by atoms with Crippen LogP contribution in [-0.4, -0.2) is 25.5 Å². The third kappa shape index (κ3) is 4.82. The molecule has 0 spiro atoms. The number of alkyl halides is 3. The van der Waals surface area contributed by atoms with Gasteiger partial charge in [-0.25, -0.2) is 0 Å². The van der Waals surface area contributed by atoms with Gasteiger partial charge in [0.15, 0.2) is 5.69 Å². The highest BCUT2D eigenvalue weighted by atomic mass is 79.9. The maximum atomic E-state index is 13.2. The Labute approximate surface area is 200 Å². The first kappa shape index (κ1) is 24.6. The summed E-state index contributed by atoms with van der Waals surface area (Å²) in [5.74, 6) is -0.521. The van der Waals surface area contributed by atoms with Crippen molar-refractivity contribution in [2.24, 2.45) is 0 Å². The van der Waals surface area contributed by atoms with E-state index in [-0.39, 0.29) is 10.2 Å². The SMILES string of the molecule is Cc1nn(Cc2ccc(Cl)cc2Cl)c(C)c1NC(=O)C(C)n1nc(C(F)(F)F)c(Br)c1C. The van der Waals surface area contributed by atoms with E-state index < -0.39 is 23.8 Å². The van der Waals surface area contributed by atoms with Crippen LogP contribution in [0.1, 0.15) is 41.3 Å². The maximum absolute atomic E-state index is 13.2. The van der Waals surface area contributed by atoms with E-state index in [1.165, 1.54) is 13.8 Å². The fourth-order valence-corrected chi connectivity index (χ4v) is 4.19. The normalized spacial score (nSPS) is 12.8. The molecule has 0 aliphatic rings. The number of nitrogens with zero attached hydrogens (tertiary/aromatic N) is 4. The van der Waals surface area contributed by atoms with Crippen molar-refractivity contribution in [3.63, 3.8) is 0 Å². The zero-order chi connectivity index (χ0) is 24.0. The topological polar surface area (TPSA) is 64.7 Å². The number of benzene rings is 1. The molecule has 1 aromatic carbocycles. The van der Waals surface area contributed by atoms with Crippen LogP contribution in [0.5, 0.6) is 0 Å². The van der Waals surface area contributed by atoms with E-state index in [2.05, 4.69) is 31.4 Å². The zero-order valence-electron chi connectivity index (χ0n) is 17.5. The summed E-state index contributed by atoms with van der Waals surface area (Å²) in [5, 5.41) is 11.8. The summed E-state index contributed by atoms with van der Waals surface area (Å²) in [7, 11) is 0. The molecule has 0 fully saturated rings. The van der Waals surface area contributed by atoms with E-state index in [4.69, 9.17) is 23.2 Å². The summed E-state index contributed by atoms with van der Waals surface area (Å²) >= 11 is 15.1. The number of rotatable bonds is 5. The summed E-state index contributed by atoms with van der Waals surface area (Å²) in [6.07, 6.45) is -4.64. The number of carbonyl (C=O) groups excluding carboxylic acids is 1. The molecule has 1 unspecified atom stereocenters. The first-order chi connectivity index (χ1) is 14.8. The van der Waals surface area contributed by atoms with Gasteiger partial charge in [0.05, 0.1) is 33.8 Å². The highest BCUT2D eigenvalue weighted by Crippen LogP contribution is 2.36. The van der Waals surface area contributed by atoms with Gasteiger partial charge in [-0.15, -0.1) is 0 Å². The van der Waals surface area contributed by atoms with Gasteiger partial charge in [-0.05, 0) is 61.3 Å². The van der Waals surface area contributed by atoms with E-state index in [9.17, 15) is 18.0 Å². The Morgan fingerprint density at radius 3 is 2.41 bits per heavy atom. The Morgan fingerprint density at radius 1 is 1.19 bits per heavy atom. The molecular formula is C20H19BrCl2F3N5O. The predicted molar refractivity (Wildman–Crippen MR) is 120 cm³/mol. The van der Waals surface area contributed by atoms with Crippen molar-refractivity contribution in [2.75, 3.05) is 5.32 Å². The second kappa shape index (κ2) is 9.07. The van der Waals surface area contributed by atoms with Gasteiger partial charge in [-0.1, -0.05) is 29.3 Å². The van der Waals surface area contributed by atoms with Gasteiger partial charge in [0.25, 0.3) is 0 Å². The highest BCUT2D eigenvalue weighted by molar-refractivity contribution is 9.10. The van der Waals surface area contributed by atoms with E-state index in [0.717, 1.165) is 10.2 Å². The lowest BCUT2D eigenvalue weighted by Crippen LogP contribution is -2.26. The largest absolute Gasteiger partial charge is 0.436 e. The van der Waals surface area contributed by atoms with Crippen LogP contribution in [0.4, 0.5) is 18.9 Å². The lowest BCUT2D eigenvalue weighted by atomic mass is 10.2. The summed E-state index contributed by atoms with van der Waals surface area (Å²) < 4.78 is 42.0. The van der Waals surface area contributed by atoms with Gasteiger partial charge in [-0.2, -0.15) is 23.4 Å². The number of aryl methyl sites for hydroxylation is 1. The molecule has 3 rings (SSSR count). The quantitative estimate of drug-likeness (QED) is 0.401. The van der Waals surface area contributed by atoms with Crippen LogP contribution in [0.15, 0.2) is 22.7 Å². The van der Waals surface area contributed by atoms with Gasteiger partial charge in [-0.3, -0.25) is 14.2 Å². The third-order valence-electron chi connectivity index (χ3n) is 5.06. The Bertz CT molecular complexity index is 1190. The number of hydrogen-bond donors (Lipinski definition) is 1. The molecule has 6 nitrogen and oxygen atoms in total. The molecule has 0 aliphatic heterocycles. The molecule has 0 bridgehead atoms. The van der Waals surface area contributed by atoms with Crippen molar-refractivity contribution in [2.45, 2.75) is 46.5 Å². The summed E-state index contributed by atoms with van der Waals surface area (Å²) in [5.41, 5.74) is 1.62. The van der Waals surface area contributed by atoms with Crippen molar-refractivity contribution in [1.29, 1.82) is 0 Å². The molecule has 0 radical (unpaired) electrons. The van der Waals surface area contributed by atoms with Crippen LogP contribution in [0.3, 0.4) is 0 Å². The van der Waals surface area contributed by atoms with Crippen LogP contribution in [0.2, 0.25) is 10.0 Å². The van der Waals surface area contributed by atoms with E-state index in [1.54, 1.807) is 36.7 Å². The molecule has 3 aromatic rings. The van der Waals surface area contributed by atoms with Crippen LogP contribution < -0.4 is 5.32 Å². The Hall–Kier alpha value is -2.04. The van der Waals surface area contributed by atoms with Gasteiger partial charge in [0, 0.05) is 10.0 Å².